The molecule has 0 amide bonds. The van der Waals surface area contributed by atoms with Crippen LogP contribution >= 0.6 is 28.4 Å². The summed E-state index contributed by atoms with van der Waals surface area (Å²) in [6.45, 7) is 1.99. The first-order valence-electron chi connectivity index (χ1n) is 8.85. The molecular formula is C20H17IN5O2P. The summed E-state index contributed by atoms with van der Waals surface area (Å²) in [5, 5.41) is 16.9. The van der Waals surface area contributed by atoms with Gasteiger partial charge in [-0.2, -0.15) is 5.10 Å². The van der Waals surface area contributed by atoms with Gasteiger partial charge in [0.25, 0.3) is 0 Å². The number of carbonyl (C=O) groups is 1. The van der Waals surface area contributed by atoms with Crippen LogP contribution in [0.25, 0.3) is 5.65 Å². The lowest BCUT2D eigenvalue weighted by atomic mass is 9.93. The van der Waals surface area contributed by atoms with E-state index in [0.29, 0.717) is 18.4 Å². The van der Waals surface area contributed by atoms with E-state index in [1.807, 2.05) is 40.3 Å². The lowest BCUT2D eigenvalue weighted by molar-refractivity contribution is -0.132. The van der Waals surface area contributed by atoms with E-state index in [2.05, 4.69) is 49.3 Å². The molecule has 0 aromatic carbocycles. The highest BCUT2D eigenvalue weighted by Gasteiger charge is 2.14. The van der Waals surface area contributed by atoms with Crippen LogP contribution in [-0.4, -0.2) is 30.0 Å². The van der Waals surface area contributed by atoms with Crippen molar-refractivity contribution in [2.24, 2.45) is 0 Å². The average Bonchev–Trinajstić information content (AvgIpc) is 3.34. The Hall–Kier alpha value is -2.63. The van der Waals surface area contributed by atoms with Gasteiger partial charge in [-0.3, -0.25) is 4.40 Å². The van der Waals surface area contributed by atoms with Crippen LogP contribution in [0.2, 0.25) is 0 Å². The molecule has 1 atom stereocenters. The van der Waals surface area contributed by atoms with E-state index >= 15 is 0 Å². The second-order valence-electron chi connectivity index (χ2n) is 6.56. The van der Waals surface area contributed by atoms with Gasteiger partial charge in [-0.15, -0.1) is 0 Å². The molecule has 3 heterocycles. The number of fused-ring (bicyclic) bond motifs is 1. The minimum absolute atomic E-state index is 0.400. The lowest BCUT2D eigenvalue weighted by Crippen LogP contribution is -2.05. The molecule has 0 bridgehead atoms. The van der Waals surface area contributed by atoms with Gasteiger partial charge in [-0.05, 0) is 65.9 Å². The SMILES string of the molecule is CC1=C(C#Cc2cnc3c(Nc4cnn(PI)c4)cccn23)C=C(C(=O)O)CC1. The zero-order valence-corrected chi connectivity index (χ0v) is 18.6. The van der Waals surface area contributed by atoms with E-state index < -0.39 is 5.97 Å². The number of imidazole rings is 1. The molecule has 0 radical (unpaired) electrons. The molecule has 1 aliphatic rings. The van der Waals surface area contributed by atoms with Crippen LogP contribution < -0.4 is 5.32 Å². The van der Waals surface area contributed by atoms with Crippen LogP contribution in [0.4, 0.5) is 11.4 Å². The number of anilines is 2. The number of aliphatic carboxylic acids is 1. The summed E-state index contributed by atoms with van der Waals surface area (Å²) >= 11 is 2.28. The molecule has 0 saturated heterocycles. The van der Waals surface area contributed by atoms with Gasteiger partial charge in [0.2, 0.25) is 0 Å². The number of allylic oxidation sites excluding steroid dienone is 3. The number of hydrogen-bond acceptors (Lipinski definition) is 4. The summed E-state index contributed by atoms with van der Waals surface area (Å²) in [6, 6.07) is 3.89. The van der Waals surface area contributed by atoms with Crippen LogP contribution in [0.15, 0.2) is 59.7 Å². The van der Waals surface area contributed by atoms with Crippen LogP contribution in [0, 0.1) is 11.8 Å². The molecule has 7 nitrogen and oxygen atoms in total. The van der Waals surface area contributed by atoms with Gasteiger partial charge >= 0.3 is 5.97 Å². The van der Waals surface area contributed by atoms with Crippen molar-refractivity contribution in [3.05, 3.63) is 65.4 Å². The third kappa shape index (κ3) is 4.21. The number of aromatic nitrogens is 4. The predicted molar refractivity (Wildman–Crippen MR) is 123 cm³/mol. The maximum Gasteiger partial charge on any atom is 0.331 e. The lowest BCUT2D eigenvalue weighted by Gasteiger charge is -2.11. The molecule has 1 unspecified atom stereocenters. The number of carboxylic acid groups (broad SMARTS) is 1. The van der Waals surface area contributed by atoms with Gasteiger partial charge in [0.1, 0.15) is 5.69 Å². The number of carboxylic acids is 1. The molecule has 4 rings (SSSR count). The molecular weight excluding hydrogens is 500 g/mol. The normalized spacial score (nSPS) is 14.2. The molecule has 0 aliphatic heterocycles. The summed E-state index contributed by atoms with van der Waals surface area (Å²) in [4.78, 5) is 15.8. The van der Waals surface area contributed by atoms with Gasteiger partial charge < -0.3 is 10.4 Å². The maximum absolute atomic E-state index is 11.3. The highest BCUT2D eigenvalue weighted by atomic mass is 127. The first-order valence-corrected chi connectivity index (χ1v) is 12.9. The van der Waals surface area contributed by atoms with Gasteiger partial charge in [0.15, 0.2) is 5.65 Å². The molecule has 0 saturated carbocycles. The molecule has 3 aromatic heterocycles. The molecule has 9 heteroatoms. The number of pyridine rings is 1. The van der Waals surface area contributed by atoms with Gasteiger partial charge in [0.05, 0.1) is 36.3 Å². The molecule has 2 N–H and O–H groups in total. The van der Waals surface area contributed by atoms with Crippen LogP contribution in [0.5, 0.6) is 0 Å². The zero-order chi connectivity index (χ0) is 20.4. The topological polar surface area (TPSA) is 84.5 Å². The van der Waals surface area contributed by atoms with Crippen molar-refractivity contribution >= 4 is 51.4 Å². The summed E-state index contributed by atoms with van der Waals surface area (Å²) in [7, 11) is 0. The number of nitrogens with one attached hydrogen (secondary N) is 1. The molecule has 3 aromatic rings. The highest BCUT2D eigenvalue weighted by molar-refractivity contribution is 14.2. The minimum Gasteiger partial charge on any atom is -0.478 e. The Balaban J connectivity index is 1.65. The first kappa shape index (κ1) is 19.7. The van der Waals surface area contributed by atoms with E-state index in [9.17, 15) is 9.90 Å². The zero-order valence-electron chi connectivity index (χ0n) is 15.5. The Bertz CT molecular complexity index is 1230. The van der Waals surface area contributed by atoms with E-state index in [0.717, 1.165) is 40.3 Å². The molecule has 29 heavy (non-hydrogen) atoms. The predicted octanol–water partition coefficient (Wildman–Crippen LogP) is 4.54. The minimum atomic E-state index is -0.881. The largest absolute Gasteiger partial charge is 0.478 e. The molecule has 0 fully saturated rings. The Morgan fingerprint density at radius 1 is 1.34 bits per heavy atom. The van der Waals surface area contributed by atoms with Crippen molar-refractivity contribution in [1.82, 2.24) is 18.9 Å². The number of rotatable bonds is 4. The quantitative estimate of drug-likeness (QED) is 0.302. The fourth-order valence-electron chi connectivity index (χ4n) is 3.06. The summed E-state index contributed by atoms with van der Waals surface area (Å²) in [6.07, 6.45) is 10.8. The third-order valence-electron chi connectivity index (χ3n) is 4.63. The standard InChI is InChI=1S/C20H17IN5O2P/c1-13-4-5-15(20(27)28)9-14(13)6-7-17-11-22-19-18(3-2-8-25(17)19)24-16-10-23-26(12-16)29-21/h2-3,8-12,24,29H,4-5H2,1H3,(H,27,28). The summed E-state index contributed by atoms with van der Waals surface area (Å²) < 4.78 is 3.78. The van der Waals surface area contributed by atoms with Crippen molar-refractivity contribution in [3.8, 4) is 11.8 Å². The Kier molecular flexibility index (Phi) is 5.69. The third-order valence-corrected chi connectivity index (χ3v) is 6.53. The van der Waals surface area contributed by atoms with Gasteiger partial charge in [-0.25, -0.2) is 14.2 Å². The highest BCUT2D eigenvalue weighted by Crippen LogP contribution is 2.27. The van der Waals surface area contributed by atoms with Gasteiger partial charge in [-0.1, -0.05) is 11.5 Å². The molecule has 146 valence electrons. The van der Waals surface area contributed by atoms with Crippen LogP contribution in [0.3, 0.4) is 0 Å². The average molecular weight is 517 g/mol. The van der Waals surface area contributed by atoms with Crippen LogP contribution in [0.1, 0.15) is 25.5 Å². The first-order chi connectivity index (χ1) is 14.0. The van der Waals surface area contributed by atoms with E-state index in [-0.39, 0.29) is 0 Å². The Labute approximate surface area is 182 Å². The van der Waals surface area contributed by atoms with E-state index in [4.69, 9.17) is 0 Å². The number of halogens is 1. The van der Waals surface area contributed by atoms with E-state index in [1.165, 1.54) is 0 Å². The Morgan fingerprint density at radius 3 is 2.97 bits per heavy atom. The second-order valence-corrected chi connectivity index (χ2v) is 8.64. The second kappa shape index (κ2) is 8.39. The number of nitrogens with zero attached hydrogens (tertiary/aromatic N) is 4. The van der Waals surface area contributed by atoms with Crippen molar-refractivity contribution in [2.45, 2.75) is 19.8 Å². The summed E-state index contributed by atoms with van der Waals surface area (Å²) in [5.74, 6) is 5.39. The number of hydrogen-bond donors (Lipinski definition) is 2. The van der Waals surface area contributed by atoms with Gasteiger partial charge in [0, 0.05) is 17.3 Å². The summed E-state index contributed by atoms with van der Waals surface area (Å²) in [5.41, 5.74) is 5.53. The van der Waals surface area contributed by atoms with Crippen molar-refractivity contribution in [1.29, 1.82) is 0 Å². The Morgan fingerprint density at radius 2 is 2.21 bits per heavy atom. The van der Waals surface area contributed by atoms with Crippen molar-refractivity contribution in [2.75, 3.05) is 5.32 Å². The smallest absolute Gasteiger partial charge is 0.331 e. The van der Waals surface area contributed by atoms with Crippen molar-refractivity contribution < 1.29 is 9.90 Å². The monoisotopic (exact) mass is 517 g/mol. The fraction of sp³-hybridized carbons (Fsp3) is 0.150. The van der Waals surface area contributed by atoms with Crippen molar-refractivity contribution in [3.63, 3.8) is 0 Å². The van der Waals surface area contributed by atoms with E-state index in [1.54, 1.807) is 18.5 Å². The van der Waals surface area contributed by atoms with Crippen LogP contribution in [-0.2, 0) is 4.79 Å². The molecule has 1 aliphatic carbocycles. The maximum atomic E-state index is 11.3. The fourth-order valence-corrected chi connectivity index (χ4v) is 4.14. The molecule has 0 spiro atoms.